The largest absolute Gasteiger partial charge is 0.452 e. The maximum Gasteiger partial charge on any atom is 0.338 e. The normalized spacial score (nSPS) is 15.6. The number of ether oxygens (including phenoxy) is 1. The van der Waals surface area contributed by atoms with E-state index in [4.69, 9.17) is 9.15 Å². The summed E-state index contributed by atoms with van der Waals surface area (Å²) in [5.41, 5.74) is 0.771. The van der Waals surface area contributed by atoms with E-state index in [2.05, 4.69) is 10.2 Å². The number of piperidine rings is 1. The molecule has 2 heterocycles. The lowest BCUT2D eigenvalue weighted by Gasteiger charge is -2.26. The van der Waals surface area contributed by atoms with Crippen LogP contribution in [-0.4, -0.2) is 42.0 Å². The molecule has 0 radical (unpaired) electrons. The Labute approximate surface area is 158 Å². The van der Waals surface area contributed by atoms with Gasteiger partial charge in [-0.1, -0.05) is 19.4 Å². The minimum absolute atomic E-state index is 0.143. The molecule has 1 aromatic heterocycles. The molecule has 1 aliphatic heterocycles. The van der Waals surface area contributed by atoms with Crippen molar-refractivity contribution in [2.24, 2.45) is 0 Å². The van der Waals surface area contributed by atoms with E-state index in [0.717, 1.165) is 19.3 Å². The molecule has 146 valence electrons. The molecule has 0 spiro atoms. The summed E-state index contributed by atoms with van der Waals surface area (Å²) in [6, 6.07) is 4.56. The monoisotopic (exact) mass is 393 g/mol. The number of carbonyl (C=O) groups excluding carboxylic acids is 1. The molecule has 27 heavy (non-hydrogen) atoms. The van der Waals surface area contributed by atoms with Gasteiger partial charge in [0, 0.05) is 19.5 Å². The third-order valence-corrected chi connectivity index (χ3v) is 6.54. The van der Waals surface area contributed by atoms with Gasteiger partial charge >= 0.3 is 5.97 Å². The van der Waals surface area contributed by atoms with Gasteiger partial charge in [0.25, 0.3) is 5.89 Å². The van der Waals surface area contributed by atoms with E-state index >= 15 is 0 Å². The van der Waals surface area contributed by atoms with Gasteiger partial charge in [-0.05, 0) is 37.5 Å². The fourth-order valence-electron chi connectivity index (χ4n) is 2.95. The average molecular weight is 393 g/mol. The van der Waals surface area contributed by atoms with Crippen LogP contribution in [0, 0.1) is 6.92 Å². The van der Waals surface area contributed by atoms with Crippen LogP contribution in [0.3, 0.4) is 0 Å². The Balaban J connectivity index is 1.76. The number of hydrogen-bond donors (Lipinski definition) is 0. The first-order valence-electron chi connectivity index (χ1n) is 9.01. The molecular formula is C18H23N3O5S. The molecule has 0 saturated carbocycles. The Hall–Kier alpha value is -2.26. The smallest absolute Gasteiger partial charge is 0.338 e. The van der Waals surface area contributed by atoms with Gasteiger partial charge in [-0.15, -0.1) is 10.2 Å². The van der Waals surface area contributed by atoms with Crippen LogP contribution in [0.25, 0.3) is 0 Å². The van der Waals surface area contributed by atoms with Gasteiger partial charge in [-0.25, -0.2) is 13.2 Å². The highest BCUT2D eigenvalue weighted by Crippen LogP contribution is 2.24. The minimum Gasteiger partial charge on any atom is -0.452 e. The van der Waals surface area contributed by atoms with E-state index < -0.39 is 16.0 Å². The quantitative estimate of drug-likeness (QED) is 0.695. The first-order valence-corrected chi connectivity index (χ1v) is 10.4. The third-order valence-electron chi connectivity index (χ3n) is 4.49. The number of nitrogens with zero attached hydrogens (tertiary/aromatic N) is 3. The van der Waals surface area contributed by atoms with Gasteiger partial charge in [-0.2, -0.15) is 4.31 Å². The zero-order valence-corrected chi connectivity index (χ0v) is 16.3. The molecule has 0 unspecified atom stereocenters. The number of sulfonamides is 1. The van der Waals surface area contributed by atoms with Crippen LogP contribution in [0.1, 0.15) is 53.9 Å². The molecule has 0 aliphatic carbocycles. The van der Waals surface area contributed by atoms with E-state index in [1.54, 1.807) is 19.1 Å². The maximum absolute atomic E-state index is 12.9. The van der Waals surface area contributed by atoms with Crippen LogP contribution in [-0.2, 0) is 27.8 Å². The van der Waals surface area contributed by atoms with Crippen LogP contribution in [0.15, 0.2) is 27.5 Å². The summed E-state index contributed by atoms with van der Waals surface area (Å²) in [5.74, 6) is 0.0288. The predicted molar refractivity (Wildman–Crippen MR) is 96.6 cm³/mol. The highest BCUT2D eigenvalue weighted by Gasteiger charge is 2.28. The van der Waals surface area contributed by atoms with Crippen molar-refractivity contribution in [3.05, 3.63) is 41.1 Å². The molecule has 3 rings (SSSR count). The van der Waals surface area contributed by atoms with E-state index in [9.17, 15) is 13.2 Å². The molecule has 1 saturated heterocycles. The van der Waals surface area contributed by atoms with E-state index in [0.29, 0.717) is 31.0 Å². The van der Waals surface area contributed by atoms with Crippen molar-refractivity contribution in [3.8, 4) is 0 Å². The molecule has 0 amide bonds. The molecule has 2 aromatic rings. The fourth-order valence-corrected chi connectivity index (χ4v) is 4.72. The summed E-state index contributed by atoms with van der Waals surface area (Å²) in [4.78, 5) is 12.5. The van der Waals surface area contributed by atoms with Gasteiger partial charge in [0.1, 0.15) is 0 Å². The highest BCUT2D eigenvalue weighted by molar-refractivity contribution is 7.89. The summed E-state index contributed by atoms with van der Waals surface area (Å²) < 4.78 is 37.8. The van der Waals surface area contributed by atoms with Gasteiger partial charge in [0.15, 0.2) is 6.61 Å². The van der Waals surface area contributed by atoms with Gasteiger partial charge in [-0.3, -0.25) is 0 Å². The second kappa shape index (κ2) is 8.18. The van der Waals surface area contributed by atoms with E-state index in [1.807, 2.05) is 6.92 Å². The molecule has 1 aromatic carbocycles. The Kier molecular flexibility index (Phi) is 5.91. The van der Waals surface area contributed by atoms with E-state index in [-0.39, 0.29) is 23.0 Å². The van der Waals surface area contributed by atoms with Gasteiger partial charge < -0.3 is 9.15 Å². The number of rotatable bonds is 6. The molecule has 0 bridgehead atoms. The lowest BCUT2D eigenvalue weighted by atomic mass is 10.1. The number of carbonyl (C=O) groups is 1. The lowest BCUT2D eigenvalue weighted by molar-refractivity contribution is 0.0436. The number of aromatic nitrogens is 2. The molecule has 8 nitrogen and oxygen atoms in total. The Morgan fingerprint density at radius 2 is 1.89 bits per heavy atom. The molecule has 1 aliphatic rings. The molecule has 1 fully saturated rings. The van der Waals surface area contributed by atoms with Crippen molar-refractivity contribution < 1.29 is 22.4 Å². The van der Waals surface area contributed by atoms with Crippen molar-refractivity contribution in [1.82, 2.24) is 14.5 Å². The van der Waals surface area contributed by atoms with Crippen molar-refractivity contribution in [1.29, 1.82) is 0 Å². The highest BCUT2D eigenvalue weighted by atomic mass is 32.2. The van der Waals surface area contributed by atoms with Crippen LogP contribution in [0.5, 0.6) is 0 Å². The van der Waals surface area contributed by atoms with Crippen molar-refractivity contribution in [2.75, 3.05) is 13.1 Å². The average Bonchev–Trinajstić information content (AvgIpc) is 3.15. The summed E-state index contributed by atoms with van der Waals surface area (Å²) in [5, 5.41) is 7.59. The van der Waals surface area contributed by atoms with Crippen LogP contribution >= 0.6 is 0 Å². The zero-order valence-electron chi connectivity index (χ0n) is 15.5. The van der Waals surface area contributed by atoms with Crippen LogP contribution < -0.4 is 0 Å². The number of aryl methyl sites for hydroxylation is 2. The Morgan fingerprint density at radius 3 is 2.56 bits per heavy atom. The Bertz CT molecular complexity index is 917. The summed E-state index contributed by atoms with van der Waals surface area (Å²) in [6.07, 6.45) is 3.33. The van der Waals surface area contributed by atoms with Crippen LogP contribution in [0.2, 0.25) is 0 Å². The third kappa shape index (κ3) is 4.36. The standard InChI is InChI=1S/C18H23N3O5S/c1-3-16-19-20-17(26-16)12-25-18(22)14-8-7-13(2)15(11-14)27(23,24)21-9-5-4-6-10-21/h7-8,11H,3-6,9-10,12H2,1-2H3. The lowest BCUT2D eigenvalue weighted by Crippen LogP contribution is -2.36. The zero-order chi connectivity index (χ0) is 19.4. The second-order valence-corrected chi connectivity index (χ2v) is 8.37. The first-order chi connectivity index (χ1) is 12.9. The van der Waals surface area contributed by atoms with Crippen molar-refractivity contribution in [2.45, 2.75) is 51.0 Å². The van der Waals surface area contributed by atoms with Gasteiger partial charge in [0.05, 0.1) is 10.5 Å². The second-order valence-electron chi connectivity index (χ2n) is 6.46. The van der Waals surface area contributed by atoms with Crippen molar-refractivity contribution >= 4 is 16.0 Å². The maximum atomic E-state index is 12.9. The van der Waals surface area contributed by atoms with Crippen molar-refractivity contribution in [3.63, 3.8) is 0 Å². The number of esters is 1. The first kappa shape index (κ1) is 19.5. The molecule has 9 heteroatoms. The van der Waals surface area contributed by atoms with E-state index in [1.165, 1.54) is 10.4 Å². The minimum atomic E-state index is -3.63. The topological polar surface area (TPSA) is 103 Å². The van der Waals surface area contributed by atoms with Crippen LogP contribution in [0.4, 0.5) is 0 Å². The van der Waals surface area contributed by atoms with Gasteiger partial charge in [0.2, 0.25) is 15.9 Å². The number of hydrogen-bond acceptors (Lipinski definition) is 7. The SMILES string of the molecule is CCc1nnc(COC(=O)c2ccc(C)c(S(=O)(=O)N3CCCCC3)c2)o1. The Morgan fingerprint density at radius 1 is 1.19 bits per heavy atom. The molecule has 0 atom stereocenters. The summed E-state index contributed by atoms with van der Waals surface area (Å²) in [7, 11) is -3.63. The summed E-state index contributed by atoms with van der Waals surface area (Å²) >= 11 is 0. The molecular weight excluding hydrogens is 370 g/mol. The summed E-state index contributed by atoms with van der Waals surface area (Å²) in [6.45, 7) is 4.45. The fraction of sp³-hybridized carbons (Fsp3) is 0.500. The number of benzene rings is 1. The predicted octanol–water partition coefficient (Wildman–Crippen LogP) is 2.47. The molecule has 0 N–H and O–H groups in total.